The van der Waals surface area contributed by atoms with Crippen LogP contribution in [0.25, 0.3) is 10.8 Å². The Morgan fingerprint density at radius 2 is 1.79 bits per heavy atom. The van der Waals surface area contributed by atoms with Crippen molar-refractivity contribution in [1.29, 1.82) is 0 Å². The minimum atomic E-state index is -5.65. The van der Waals surface area contributed by atoms with Crippen molar-refractivity contribution in [3.8, 4) is 5.75 Å². The lowest BCUT2D eigenvalue weighted by molar-refractivity contribution is -0.0500. The summed E-state index contributed by atoms with van der Waals surface area (Å²) < 4.78 is 63.0. The first-order valence-electron chi connectivity index (χ1n) is 4.90. The highest BCUT2D eigenvalue weighted by Crippen LogP contribution is 2.31. The first kappa shape index (κ1) is 14.1. The van der Waals surface area contributed by atoms with Crippen molar-refractivity contribution in [3.05, 3.63) is 40.9 Å². The van der Waals surface area contributed by atoms with E-state index in [1.807, 2.05) is 0 Å². The standard InChI is InChI=1S/C11H6BrF3O3S/c12-10-3-1-2-7-4-5-8(6-9(7)10)18-19(16,17)11(13,14)15/h1-6H. The first-order chi connectivity index (χ1) is 8.71. The molecule has 0 fully saturated rings. The highest BCUT2D eigenvalue weighted by atomic mass is 79.9. The van der Waals surface area contributed by atoms with Gasteiger partial charge in [0.25, 0.3) is 0 Å². The van der Waals surface area contributed by atoms with Crippen LogP contribution in [0.4, 0.5) is 13.2 Å². The zero-order chi connectivity index (χ0) is 14.3. The molecule has 2 rings (SSSR count). The van der Waals surface area contributed by atoms with Gasteiger partial charge in [0, 0.05) is 4.47 Å². The van der Waals surface area contributed by atoms with Gasteiger partial charge in [-0.2, -0.15) is 21.6 Å². The number of benzene rings is 2. The van der Waals surface area contributed by atoms with Crippen LogP contribution >= 0.6 is 15.9 Å². The highest BCUT2D eigenvalue weighted by Gasteiger charge is 2.48. The quantitative estimate of drug-likeness (QED) is 0.608. The SMILES string of the molecule is O=S(=O)(Oc1ccc2cccc(Br)c2c1)C(F)(F)F. The van der Waals surface area contributed by atoms with Gasteiger partial charge in [0.05, 0.1) is 0 Å². The third kappa shape index (κ3) is 2.84. The van der Waals surface area contributed by atoms with E-state index in [1.54, 1.807) is 18.2 Å². The van der Waals surface area contributed by atoms with Gasteiger partial charge in [-0.05, 0) is 29.0 Å². The Labute approximate surface area is 115 Å². The summed E-state index contributed by atoms with van der Waals surface area (Å²) in [7, 11) is -5.65. The summed E-state index contributed by atoms with van der Waals surface area (Å²) in [4.78, 5) is 0. The van der Waals surface area contributed by atoms with Crippen LogP contribution in [0.1, 0.15) is 0 Å². The van der Waals surface area contributed by atoms with E-state index in [1.165, 1.54) is 12.1 Å². The van der Waals surface area contributed by atoms with Crippen molar-refractivity contribution in [2.24, 2.45) is 0 Å². The lowest BCUT2D eigenvalue weighted by atomic mass is 10.1. The first-order valence-corrected chi connectivity index (χ1v) is 7.10. The van der Waals surface area contributed by atoms with Gasteiger partial charge in [0.1, 0.15) is 5.75 Å². The molecule has 0 amide bonds. The molecule has 0 heterocycles. The maximum atomic E-state index is 12.2. The monoisotopic (exact) mass is 354 g/mol. The van der Waals surface area contributed by atoms with Crippen molar-refractivity contribution >= 4 is 36.8 Å². The molecular weight excluding hydrogens is 349 g/mol. The van der Waals surface area contributed by atoms with E-state index in [9.17, 15) is 21.6 Å². The zero-order valence-electron chi connectivity index (χ0n) is 9.11. The molecule has 0 aromatic heterocycles. The molecule has 0 spiro atoms. The molecule has 0 aliphatic carbocycles. The summed E-state index contributed by atoms with van der Waals surface area (Å²) in [6.07, 6.45) is 0. The van der Waals surface area contributed by atoms with E-state index < -0.39 is 21.4 Å². The van der Waals surface area contributed by atoms with Crippen LogP contribution in [0, 0.1) is 0 Å². The van der Waals surface area contributed by atoms with Gasteiger partial charge in [-0.1, -0.05) is 34.1 Å². The molecule has 0 atom stereocenters. The van der Waals surface area contributed by atoms with Crippen LogP contribution in [0.3, 0.4) is 0 Å². The molecule has 0 saturated heterocycles. The normalized spacial score (nSPS) is 12.6. The maximum Gasteiger partial charge on any atom is 0.534 e. The molecule has 0 N–H and O–H groups in total. The minimum Gasteiger partial charge on any atom is -0.376 e. The van der Waals surface area contributed by atoms with E-state index in [-0.39, 0.29) is 0 Å². The minimum absolute atomic E-state index is 0.392. The fraction of sp³-hybridized carbons (Fsp3) is 0.0909. The molecule has 2 aromatic rings. The van der Waals surface area contributed by atoms with Gasteiger partial charge in [-0.25, -0.2) is 0 Å². The summed E-state index contributed by atoms with van der Waals surface area (Å²) in [5.41, 5.74) is -5.45. The number of fused-ring (bicyclic) bond motifs is 1. The molecule has 2 aromatic carbocycles. The second kappa shape index (κ2) is 4.68. The van der Waals surface area contributed by atoms with Crippen LogP contribution in [0.5, 0.6) is 5.75 Å². The van der Waals surface area contributed by atoms with Gasteiger partial charge < -0.3 is 4.18 Å². The molecule has 102 valence electrons. The molecular formula is C11H6BrF3O3S. The van der Waals surface area contributed by atoms with E-state index >= 15 is 0 Å². The topological polar surface area (TPSA) is 43.4 Å². The Kier molecular flexibility index (Phi) is 3.48. The highest BCUT2D eigenvalue weighted by molar-refractivity contribution is 9.10. The molecule has 0 aliphatic rings. The van der Waals surface area contributed by atoms with Gasteiger partial charge in [-0.3, -0.25) is 0 Å². The lowest BCUT2D eigenvalue weighted by Crippen LogP contribution is -2.28. The number of halogens is 4. The van der Waals surface area contributed by atoms with Crippen molar-refractivity contribution in [1.82, 2.24) is 0 Å². The molecule has 0 radical (unpaired) electrons. The smallest absolute Gasteiger partial charge is 0.376 e. The Morgan fingerprint density at radius 1 is 1.11 bits per heavy atom. The van der Waals surface area contributed by atoms with E-state index in [2.05, 4.69) is 20.1 Å². The second-order valence-corrected chi connectivity index (χ2v) is 6.00. The fourth-order valence-corrected chi connectivity index (χ4v) is 2.39. The number of alkyl halides is 3. The molecule has 0 saturated carbocycles. The van der Waals surface area contributed by atoms with E-state index in [0.717, 1.165) is 11.5 Å². The third-order valence-electron chi connectivity index (χ3n) is 2.29. The molecule has 19 heavy (non-hydrogen) atoms. The Morgan fingerprint density at radius 3 is 2.42 bits per heavy atom. The van der Waals surface area contributed by atoms with Gasteiger partial charge in [0.2, 0.25) is 0 Å². The third-order valence-corrected chi connectivity index (χ3v) is 3.96. The predicted molar refractivity (Wildman–Crippen MR) is 67.3 cm³/mol. The van der Waals surface area contributed by atoms with Gasteiger partial charge in [0.15, 0.2) is 0 Å². The fourth-order valence-electron chi connectivity index (χ4n) is 1.44. The lowest BCUT2D eigenvalue weighted by Gasteiger charge is -2.10. The summed E-state index contributed by atoms with van der Waals surface area (Å²) in [6.45, 7) is 0. The van der Waals surface area contributed by atoms with Crippen LogP contribution in [-0.4, -0.2) is 13.9 Å². The number of rotatable bonds is 2. The van der Waals surface area contributed by atoms with Crippen molar-refractivity contribution in [3.63, 3.8) is 0 Å². The predicted octanol–water partition coefficient (Wildman–Crippen LogP) is 3.83. The molecule has 0 aliphatic heterocycles. The largest absolute Gasteiger partial charge is 0.534 e. The molecule has 0 bridgehead atoms. The van der Waals surface area contributed by atoms with E-state index in [0.29, 0.717) is 9.86 Å². The van der Waals surface area contributed by atoms with Crippen LogP contribution in [0.2, 0.25) is 0 Å². The van der Waals surface area contributed by atoms with Crippen molar-refractivity contribution in [2.75, 3.05) is 0 Å². The maximum absolute atomic E-state index is 12.2. The number of hydrogen-bond acceptors (Lipinski definition) is 3. The Hall–Kier alpha value is -1.28. The van der Waals surface area contributed by atoms with Gasteiger partial charge >= 0.3 is 15.6 Å². The van der Waals surface area contributed by atoms with Gasteiger partial charge in [-0.15, -0.1) is 0 Å². The molecule has 8 heteroatoms. The molecule has 0 unspecified atom stereocenters. The van der Waals surface area contributed by atoms with Crippen molar-refractivity contribution in [2.45, 2.75) is 5.51 Å². The summed E-state index contributed by atoms with van der Waals surface area (Å²) in [6, 6.07) is 9.04. The summed E-state index contributed by atoms with van der Waals surface area (Å²) >= 11 is 3.22. The van der Waals surface area contributed by atoms with Crippen LogP contribution < -0.4 is 4.18 Å². The van der Waals surface area contributed by atoms with E-state index in [4.69, 9.17) is 0 Å². The Bertz CT molecular complexity index is 726. The van der Waals surface area contributed by atoms with Crippen LogP contribution in [-0.2, 0) is 10.1 Å². The Balaban J connectivity index is 2.46. The zero-order valence-corrected chi connectivity index (χ0v) is 11.5. The molecule has 3 nitrogen and oxygen atoms in total. The summed E-state index contributed by atoms with van der Waals surface area (Å²) in [5, 5.41) is 1.29. The second-order valence-electron chi connectivity index (χ2n) is 3.61. The van der Waals surface area contributed by atoms with Crippen molar-refractivity contribution < 1.29 is 25.8 Å². The average molecular weight is 355 g/mol. The summed E-state index contributed by atoms with van der Waals surface area (Å²) in [5.74, 6) is -0.392. The number of hydrogen-bond donors (Lipinski definition) is 0. The van der Waals surface area contributed by atoms with Crippen LogP contribution in [0.15, 0.2) is 40.9 Å². The average Bonchev–Trinajstić information content (AvgIpc) is 2.28.